The van der Waals surface area contributed by atoms with Crippen molar-refractivity contribution in [3.63, 3.8) is 0 Å². The Morgan fingerprint density at radius 3 is 2.65 bits per heavy atom. The largest absolute Gasteiger partial charge is 0.320 e. The summed E-state index contributed by atoms with van der Waals surface area (Å²) in [4.78, 5) is 17.1. The molecule has 0 saturated heterocycles. The summed E-state index contributed by atoms with van der Waals surface area (Å²) >= 11 is 7.65. The summed E-state index contributed by atoms with van der Waals surface area (Å²) < 4.78 is 1.76. The Labute approximate surface area is 161 Å². The molecule has 7 heteroatoms. The first kappa shape index (κ1) is 18.5. The van der Waals surface area contributed by atoms with Crippen LogP contribution in [-0.2, 0) is 0 Å². The Kier molecular flexibility index (Phi) is 5.64. The van der Waals surface area contributed by atoms with Gasteiger partial charge in [0.05, 0.1) is 40.1 Å². The number of amides is 1. The van der Waals surface area contributed by atoms with Crippen molar-refractivity contribution < 1.29 is 4.79 Å². The lowest BCUT2D eigenvalue weighted by molar-refractivity contribution is 0.102. The van der Waals surface area contributed by atoms with Crippen LogP contribution in [0.4, 0.5) is 5.69 Å². The number of rotatable bonds is 5. The van der Waals surface area contributed by atoms with E-state index >= 15 is 0 Å². The van der Waals surface area contributed by atoms with Crippen molar-refractivity contribution in [1.82, 2.24) is 14.8 Å². The molecule has 3 aromatic rings. The molecule has 0 bridgehead atoms. The number of anilines is 1. The van der Waals surface area contributed by atoms with E-state index in [0.717, 1.165) is 16.4 Å². The molecule has 134 valence electrons. The second-order valence-electron chi connectivity index (χ2n) is 6.03. The van der Waals surface area contributed by atoms with Gasteiger partial charge in [-0.1, -0.05) is 31.5 Å². The lowest BCUT2D eigenvalue weighted by atomic mass is 10.0. The summed E-state index contributed by atoms with van der Waals surface area (Å²) in [6.45, 7) is 4.06. The Hall–Kier alpha value is -2.31. The zero-order valence-corrected chi connectivity index (χ0v) is 16.3. The van der Waals surface area contributed by atoms with Gasteiger partial charge < -0.3 is 5.32 Å². The quantitative estimate of drug-likeness (QED) is 0.625. The van der Waals surface area contributed by atoms with E-state index < -0.39 is 0 Å². The Morgan fingerprint density at radius 1 is 1.23 bits per heavy atom. The zero-order valence-electron chi connectivity index (χ0n) is 14.7. The first-order chi connectivity index (χ1) is 12.5. The summed E-state index contributed by atoms with van der Waals surface area (Å²) in [6.07, 6.45) is 5.20. The van der Waals surface area contributed by atoms with E-state index in [1.807, 2.05) is 56.5 Å². The van der Waals surface area contributed by atoms with Gasteiger partial charge in [-0.05, 0) is 42.5 Å². The average molecular weight is 387 g/mol. The van der Waals surface area contributed by atoms with Crippen molar-refractivity contribution in [2.75, 3.05) is 11.6 Å². The number of hydrogen-bond donors (Lipinski definition) is 1. The summed E-state index contributed by atoms with van der Waals surface area (Å²) in [5.74, 6) is -0.102. The van der Waals surface area contributed by atoms with Crippen molar-refractivity contribution in [2.24, 2.45) is 0 Å². The van der Waals surface area contributed by atoms with Crippen molar-refractivity contribution in [1.29, 1.82) is 0 Å². The SMILES string of the molecule is CSc1ccc(NC(=O)c2cnn(-c3cccc(Cl)c3)c2C(C)C)cn1. The molecule has 0 saturated carbocycles. The maximum atomic E-state index is 12.8. The van der Waals surface area contributed by atoms with Crippen LogP contribution in [0.2, 0.25) is 5.02 Å². The van der Waals surface area contributed by atoms with Gasteiger partial charge in [-0.3, -0.25) is 4.79 Å². The molecule has 0 aliphatic carbocycles. The molecule has 0 fully saturated rings. The highest BCUT2D eigenvalue weighted by atomic mass is 35.5. The van der Waals surface area contributed by atoms with Gasteiger partial charge in [-0.15, -0.1) is 11.8 Å². The van der Waals surface area contributed by atoms with Gasteiger partial charge >= 0.3 is 0 Å². The van der Waals surface area contributed by atoms with E-state index in [0.29, 0.717) is 16.3 Å². The predicted octanol–water partition coefficient (Wildman–Crippen LogP) is 5.02. The molecule has 0 spiro atoms. The van der Waals surface area contributed by atoms with Crippen molar-refractivity contribution in [3.05, 3.63) is 65.1 Å². The number of benzene rings is 1. The number of nitrogens with one attached hydrogen (secondary N) is 1. The van der Waals surface area contributed by atoms with Gasteiger partial charge in [0.25, 0.3) is 5.91 Å². The van der Waals surface area contributed by atoms with E-state index in [9.17, 15) is 4.79 Å². The molecule has 5 nitrogen and oxygen atoms in total. The number of halogens is 1. The maximum absolute atomic E-state index is 12.8. The first-order valence-corrected chi connectivity index (χ1v) is 9.75. The molecule has 2 heterocycles. The van der Waals surface area contributed by atoms with E-state index in [-0.39, 0.29) is 11.8 Å². The molecule has 0 radical (unpaired) electrons. The van der Waals surface area contributed by atoms with Crippen LogP contribution in [-0.4, -0.2) is 26.9 Å². The van der Waals surface area contributed by atoms with Crippen molar-refractivity contribution in [3.8, 4) is 5.69 Å². The summed E-state index contributed by atoms with van der Waals surface area (Å²) in [5, 5.41) is 8.83. The maximum Gasteiger partial charge on any atom is 0.259 e. The first-order valence-electron chi connectivity index (χ1n) is 8.15. The van der Waals surface area contributed by atoms with Crippen LogP contribution in [0.25, 0.3) is 5.69 Å². The fourth-order valence-corrected chi connectivity index (χ4v) is 3.22. The number of carbonyl (C=O) groups is 1. The highest BCUT2D eigenvalue weighted by Crippen LogP contribution is 2.25. The predicted molar refractivity (Wildman–Crippen MR) is 107 cm³/mol. The molecule has 1 aromatic carbocycles. The number of aromatic nitrogens is 3. The van der Waals surface area contributed by atoms with E-state index in [1.165, 1.54) is 0 Å². The third-order valence-corrected chi connectivity index (χ3v) is 4.75. The van der Waals surface area contributed by atoms with Gasteiger partial charge in [0.2, 0.25) is 0 Å². The minimum absolute atomic E-state index is 0.106. The highest BCUT2D eigenvalue weighted by molar-refractivity contribution is 7.98. The zero-order chi connectivity index (χ0) is 18.7. The van der Waals surface area contributed by atoms with Crippen molar-refractivity contribution in [2.45, 2.75) is 24.8 Å². The van der Waals surface area contributed by atoms with Gasteiger partial charge in [0, 0.05) is 5.02 Å². The van der Waals surface area contributed by atoms with Gasteiger partial charge in [-0.25, -0.2) is 9.67 Å². The molecule has 1 N–H and O–H groups in total. The van der Waals surface area contributed by atoms with Crippen LogP contribution in [0.5, 0.6) is 0 Å². The molecule has 0 atom stereocenters. The second-order valence-corrected chi connectivity index (χ2v) is 7.30. The lowest BCUT2D eigenvalue weighted by Crippen LogP contribution is -2.15. The number of hydrogen-bond acceptors (Lipinski definition) is 4. The number of carbonyl (C=O) groups excluding carboxylic acids is 1. The Morgan fingerprint density at radius 2 is 2.04 bits per heavy atom. The summed E-state index contributed by atoms with van der Waals surface area (Å²) in [6, 6.07) is 11.1. The van der Waals surface area contributed by atoms with Crippen LogP contribution >= 0.6 is 23.4 Å². The Balaban J connectivity index is 1.93. The highest BCUT2D eigenvalue weighted by Gasteiger charge is 2.21. The van der Waals surface area contributed by atoms with E-state index in [1.54, 1.807) is 28.8 Å². The summed E-state index contributed by atoms with van der Waals surface area (Å²) in [5.41, 5.74) is 2.84. The average Bonchev–Trinajstić information content (AvgIpc) is 3.08. The normalized spacial score (nSPS) is 11.0. The molecular weight excluding hydrogens is 368 g/mol. The molecule has 0 aliphatic heterocycles. The second kappa shape index (κ2) is 7.93. The van der Waals surface area contributed by atoms with Gasteiger partial charge in [0.15, 0.2) is 0 Å². The fraction of sp³-hybridized carbons (Fsp3) is 0.211. The number of pyridine rings is 1. The topological polar surface area (TPSA) is 59.8 Å². The number of thioether (sulfide) groups is 1. The van der Waals surface area contributed by atoms with Crippen LogP contribution in [0, 0.1) is 0 Å². The summed E-state index contributed by atoms with van der Waals surface area (Å²) in [7, 11) is 0. The minimum atomic E-state index is -0.208. The number of nitrogens with zero attached hydrogens (tertiary/aromatic N) is 3. The van der Waals surface area contributed by atoms with Crippen LogP contribution < -0.4 is 5.32 Å². The minimum Gasteiger partial charge on any atom is -0.320 e. The van der Waals surface area contributed by atoms with Crippen LogP contribution in [0.1, 0.15) is 35.8 Å². The molecule has 1 amide bonds. The van der Waals surface area contributed by atoms with Crippen LogP contribution in [0.15, 0.2) is 53.8 Å². The molecule has 0 aliphatic rings. The molecule has 26 heavy (non-hydrogen) atoms. The van der Waals surface area contributed by atoms with Gasteiger partial charge in [-0.2, -0.15) is 5.10 Å². The standard InChI is InChI=1S/C19H19ClN4OS/c1-12(2)18-16(11-22-24(18)15-6-4-5-13(20)9-15)19(25)23-14-7-8-17(26-3)21-10-14/h4-12H,1-3H3,(H,23,25). The fourth-order valence-electron chi connectivity index (χ4n) is 2.68. The molecule has 0 unspecified atom stereocenters. The van der Waals surface area contributed by atoms with Crippen molar-refractivity contribution >= 4 is 35.0 Å². The van der Waals surface area contributed by atoms with Crippen LogP contribution in [0.3, 0.4) is 0 Å². The molecular formula is C19H19ClN4OS. The Bertz CT molecular complexity index is 922. The monoisotopic (exact) mass is 386 g/mol. The molecule has 3 rings (SSSR count). The van der Waals surface area contributed by atoms with Gasteiger partial charge in [0.1, 0.15) is 0 Å². The smallest absolute Gasteiger partial charge is 0.259 e. The lowest BCUT2D eigenvalue weighted by Gasteiger charge is -2.13. The van der Waals surface area contributed by atoms with E-state index in [4.69, 9.17) is 11.6 Å². The van der Waals surface area contributed by atoms with E-state index in [2.05, 4.69) is 15.4 Å². The molecule has 2 aromatic heterocycles. The third-order valence-electron chi connectivity index (χ3n) is 3.85. The third kappa shape index (κ3) is 3.92.